The minimum atomic E-state index is -0.406. The molecule has 0 fully saturated rings. The van der Waals surface area contributed by atoms with E-state index in [0.29, 0.717) is 22.4 Å². The topological polar surface area (TPSA) is 37.8 Å². The summed E-state index contributed by atoms with van der Waals surface area (Å²) in [5.74, 6) is 0.0786. The minimum Gasteiger partial charge on any atom is -0.337 e. The van der Waals surface area contributed by atoms with Crippen molar-refractivity contribution in [1.82, 2.24) is 9.97 Å². The molecule has 1 aromatic heterocycles. The molecule has 0 bridgehead atoms. The molecule has 0 radical (unpaired) electrons. The summed E-state index contributed by atoms with van der Waals surface area (Å²) in [7, 11) is 0. The van der Waals surface area contributed by atoms with Crippen molar-refractivity contribution in [2.24, 2.45) is 0 Å². The Morgan fingerprint density at radius 2 is 2.06 bits per heavy atom. The van der Waals surface area contributed by atoms with Crippen LogP contribution in [0.2, 0.25) is 10.2 Å². The first kappa shape index (κ1) is 13.1. The van der Waals surface area contributed by atoms with Crippen molar-refractivity contribution in [2.75, 3.05) is 5.32 Å². The van der Waals surface area contributed by atoms with Crippen molar-refractivity contribution in [1.29, 1.82) is 0 Å². The molecule has 2 aromatic rings. The molecule has 6 heteroatoms. The highest BCUT2D eigenvalue weighted by Crippen LogP contribution is 2.26. The van der Waals surface area contributed by atoms with Crippen LogP contribution in [0.15, 0.2) is 24.5 Å². The summed E-state index contributed by atoms with van der Waals surface area (Å²) in [4.78, 5) is 7.95. The van der Waals surface area contributed by atoms with Gasteiger partial charge in [-0.2, -0.15) is 0 Å². The number of anilines is 2. The first-order valence-corrected chi connectivity index (χ1v) is 6.09. The highest BCUT2D eigenvalue weighted by molar-refractivity contribution is 6.31. The Labute approximate surface area is 114 Å². The summed E-state index contributed by atoms with van der Waals surface area (Å²) in [5, 5.41) is 3.68. The van der Waals surface area contributed by atoms with E-state index in [2.05, 4.69) is 15.3 Å². The molecule has 0 saturated heterocycles. The molecule has 0 aliphatic heterocycles. The average molecular weight is 286 g/mol. The van der Waals surface area contributed by atoms with Gasteiger partial charge in [0.25, 0.3) is 0 Å². The molecule has 0 aliphatic rings. The number of benzene rings is 1. The third-order valence-corrected chi connectivity index (χ3v) is 2.99. The number of halogens is 3. The number of aromatic nitrogens is 2. The largest absolute Gasteiger partial charge is 0.337 e. The quantitative estimate of drug-likeness (QED) is 0.858. The molecule has 1 N–H and O–H groups in total. The van der Waals surface area contributed by atoms with Gasteiger partial charge in [-0.05, 0) is 24.6 Å². The van der Waals surface area contributed by atoms with E-state index in [4.69, 9.17) is 23.2 Å². The van der Waals surface area contributed by atoms with Gasteiger partial charge in [0.15, 0.2) is 0 Å². The van der Waals surface area contributed by atoms with E-state index in [-0.39, 0.29) is 5.69 Å². The summed E-state index contributed by atoms with van der Waals surface area (Å²) >= 11 is 11.8. The second-order valence-electron chi connectivity index (χ2n) is 3.59. The van der Waals surface area contributed by atoms with Crippen molar-refractivity contribution >= 4 is 34.7 Å². The summed E-state index contributed by atoms with van der Waals surface area (Å²) in [6.45, 7) is 1.92. The van der Waals surface area contributed by atoms with Crippen LogP contribution in [-0.4, -0.2) is 9.97 Å². The molecule has 0 saturated carbocycles. The Bertz CT molecular complexity index is 575. The molecule has 94 valence electrons. The van der Waals surface area contributed by atoms with Crippen molar-refractivity contribution in [2.45, 2.75) is 13.3 Å². The van der Waals surface area contributed by atoms with Crippen LogP contribution in [0.4, 0.5) is 15.9 Å². The van der Waals surface area contributed by atoms with Gasteiger partial charge in [-0.15, -0.1) is 0 Å². The lowest BCUT2D eigenvalue weighted by molar-refractivity contribution is 0.631. The summed E-state index contributed by atoms with van der Waals surface area (Å²) < 4.78 is 13.6. The molecule has 3 nitrogen and oxygen atoms in total. The van der Waals surface area contributed by atoms with Crippen LogP contribution >= 0.6 is 23.2 Å². The van der Waals surface area contributed by atoms with Gasteiger partial charge >= 0.3 is 0 Å². The number of nitrogens with zero attached hydrogens (tertiary/aromatic N) is 2. The third-order valence-electron chi connectivity index (χ3n) is 2.43. The fourth-order valence-electron chi connectivity index (χ4n) is 1.53. The number of rotatable bonds is 3. The Balaban J connectivity index is 2.40. The zero-order valence-electron chi connectivity index (χ0n) is 9.54. The fraction of sp³-hybridized carbons (Fsp3) is 0.167. The lowest BCUT2D eigenvalue weighted by atomic mass is 10.2. The van der Waals surface area contributed by atoms with Gasteiger partial charge in [0.1, 0.15) is 23.1 Å². The summed E-state index contributed by atoms with van der Waals surface area (Å²) in [6, 6.07) is 4.27. The third kappa shape index (κ3) is 2.71. The Hall–Kier alpha value is -1.39. The second-order valence-corrected chi connectivity index (χ2v) is 4.39. The monoisotopic (exact) mass is 285 g/mol. The van der Waals surface area contributed by atoms with Gasteiger partial charge in [0, 0.05) is 10.6 Å². The Morgan fingerprint density at radius 1 is 1.28 bits per heavy atom. The maximum atomic E-state index is 13.6. The van der Waals surface area contributed by atoms with Crippen LogP contribution in [0.25, 0.3) is 0 Å². The van der Waals surface area contributed by atoms with Crippen LogP contribution in [-0.2, 0) is 6.42 Å². The fourth-order valence-corrected chi connectivity index (χ4v) is 1.97. The maximum Gasteiger partial charge on any atom is 0.146 e. The van der Waals surface area contributed by atoms with Crippen LogP contribution in [0.5, 0.6) is 0 Å². The second kappa shape index (κ2) is 5.50. The van der Waals surface area contributed by atoms with E-state index in [9.17, 15) is 4.39 Å². The van der Waals surface area contributed by atoms with Crippen molar-refractivity contribution in [3.63, 3.8) is 0 Å². The molecule has 0 spiro atoms. The number of hydrogen-bond donors (Lipinski definition) is 1. The van der Waals surface area contributed by atoms with Crippen molar-refractivity contribution < 1.29 is 4.39 Å². The van der Waals surface area contributed by atoms with Crippen LogP contribution in [0.1, 0.15) is 12.5 Å². The van der Waals surface area contributed by atoms with Gasteiger partial charge in [-0.1, -0.05) is 30.1 Å². The number of hydrogen-bond acceptors (Lipinski definition) is 3. The summed E-state index contributed by atoms with van der Waals surface area (Å²) in [6.07, 6.45) is 1.97. The van der Waals surface area contributed by atoms with Gasteiger partial charge in [-0.3, -0.25) is 0 Å². The lowest BCUT2D eigenvalue weighted by Crippen LogP contribution is -2.02. The molecule has 2 rings (SSSR count). The highest BCUT2D eigenvalue weighted by atomic mass is 35.5. The first-order chi connectivity index (χ1) is 8.61. The molecule has 0 aliphatic carbocycles. The van der Waals surface area contributed by atoms with E-state index in [1.54, 1.807) is 0 Å². The van der Waals surface area contributed by atoms with E-state index in [1.807, 2.05) is 6.92 Å². The van der Waals surface area contributed by atoms with Crippen molar-refractivity contribution in [3.8, 4) is 0 Å². The predicted octanol–water partition coefficient (Wildman–Crippen LogP) is 4.23. The molecular weight excluding hydrogens is 276 g/mol. The van der Waals surface area contributed by atoms with Gasteiger partial charge in [0.05, 0.1) is 5.69 Å². The first-order valence-electron chi connectivity index (χ1n) is 5.33. The van der Waals surface area contributed by atoms with Gasteiger partial charge in [-0.25, -0.2) is 14.4 Å². The molecule has 0 amide bonds. The molecule has 0 unspecified atom stereocenters. The van der Waals surface area contributed by atoms with E-state index in [0.717, 1.165) is 5.56 Å². The smallest absolute Gasteiger partial charge is 0.146 e. The zero-order chi connectivity index (χ0) is 13.1. The standard InChI is InChI=1S/C12H10Cl2FN3/c1-2-8-11(14)16-6-17-12(8)18-10-5-7(13)3-4-9(10)15/h3-6H,2H2,1H3,(H,16,17,18). The molecule has 18 heavy (non-hydrogen) atoms. The SMILES string of the molecule is CCc1c(Cl)ncnc1Nc1cc(Cl)ccc1F. The summed E-state index contributed by atoms with van der Waals surface area (Å²) in [5.41, 5.74) is 0.991. The Morgan fingerprint density at radius 3 is 2.78 bits per heavy atom. The predicted molar refractivity (Wildman–Crippen MR) is 71.1 cm³/mol. The van der Waals surface area contributed by atoms with Gasteiger partial charge in [0.2, 0.25) is 0 Å². The zero-order valence-corrected chi connectivity index (χ0v) is 11.1. The van der Waals surface area contributed by atoms with Crippen molar-refractivity contribution in [3.05, 3.63) is 46.1 Å². The van der Waals surface area contributed by atoms with E-state index >= 15 is 0 Å². The normalized spacial score (nSPS) is 10.4. The maximum absolute atomic E-state index is 13.6. The van der Waals surface area contributed by atoms with Crippen LogP contribution in [0, 0.1) is 5.82 Å². The molecule has 0 atom stereocenters. The van der Waals surface area contributed by atoms with Gasteiger partial charge < -0.3 is 5.32 Å². The molecule has 1 aromatic carbocycles. The Kier molecular flexibility index (Phi) is 3.99. The van der Waals surface area contributed by atoms with Crippen LogP contribution in [0.3, 0.4) is 0 Å². The van der Waals surface area contributed by atoms with Crippen LogP contribution < -0.4 is 5.32 Å². The van der Waals surface area contributed by atoms with E-state index in [1.165, 1.54) is 24.5 Å². The molecule has 1 heterocycles. The lowest BCUT2D eigenvalue weighted by Gasteiger charge is -2.11. The number of nitrogens with one attached hydrogen (secondary N) is 1. The molecular formula is C12H10Cl2FN3. The highest BCUT2D eigenvalue weighted by Gasteiger charge is 2.10. The minimum absolute atomic E-state index is 0.256. The van der Waals surface area contributed by atoms with E-state index < -0.39 is 5.82 Å². The average Bonchev–Trinajstić information content (AvgIpc) is 2.34.